The first kappa shape index (κ1) is 18.6. The van der Waals surface area contributed by atoms with Gasteiger partial charge in [0.15, 0.2) is 0 Å². The largest absolute Gasteiger partial charge is 0.497 e. The van der Waals surface area contributed by atoms with Gasteiger partial charge in [-0.1, -0.05) is 6.07 Å². The minimum Gasteiger partial charge on any atom is -0.497 e. The molecule has 142 valence electrons. The first-order valence-corrected chi connectivity index (χ1v) is 8.62. The molecule has 1 saturated heterocycles. The predicted octanol–water partition coefficient (Wildman–Crippen LogP) is 2.59. The zero-order valence-corrected chi connectivity index (χ0v) is 15.6. The molecule has 1 aliphatic heterocycles. The molecule has 3 rings (SSSR count). The van der Waals surface area contributed by atoms with Crippen molar-refractivity contribution in [1.82, 2.24) is 0 Å². The molecule has 7 heteroatoms. The number of ether oxygens (including phenoxy) is 2. The van der Waals surface area contributed by atoms with E-state index < -0.39 is 5.92 Å². The van der Waals surface area contributed by atoms with Crippen molar-refractivity contribution in [3.8, 4) is 11.5 Å². The van der Waals surface area contributed by atoms with Gasteiger partial charge in [-0.25, -0.2) is 0 Å². The van der Waals surface area contributed by atoms with E-state index in [0.717, 1.165) is 5.56 Å². The summed E-state index contributed by atoms with van der Waals surface area (Å²) in [5, 5.41) is 2.88. The molecule has 1 aliphatic rings. The van der Waals surface area contributed by atoms with Crippen molar-refractivity contribution in [2.75, 3.05) is 36.7 Å². The summed E-state index contributed by atoms with van der Waals surface area (Å²) >= 11 is 0. The summed E-state index contributed by atoms with van der Waals surface area (Å²) < 4.78 is 10.6. The van der Waals surface area contributed by atoms with Crippen LogP contribution in [0.15, 0.2) is 36.4 Å². The number of anilines is 3. The summed E-state index contributed by atoms with van der Waals surface area (Å²) in [4.78, 5) is 26.8. The van der Waals surface area contributed by atoms with Crippen molar-refractivity contribution in [2.45, 2.75) is 13.3 Å². The van der Waals surface area contributed by atoms with Gasteiger partial charge in [-0.2, -0.15) is 0 Å². The third-order valence-electron chi connectivity index (χ3n) is 4.69. The molecule has 2 aromatic rings. The van der Waals surface area contributed by atoms with Crippen molar-refractivity contribution in [1.29, 1.82) is 0 Å². The van der Waals surface area contributed by atoms with Crippen LogP contribution in [0, 0.1) is 12.8 Å². The predicted molar refractivity (Wildman–Crippen MR) is 104 cm³/mol. The fraction of sp³-hybridized carbons (Fsp3) is 0.300. The van der Waals surface area contributed by atoms with E-state index in [0.29, 0.717) is 28.6 Å². The Morgan fingerprint density at radius 2 is 1.96 bits per heavy atom. The van der Waals surface area contributed by atoms with Crippen LogP contribution < -0.4 is 25.4 Å². The Morgan fingerprint density at radius 1 is 1.19 bits per heavy atom. The lowest BCUT2D eigenvalue weighted by Gasteiger charge is -2.20. The molecule has 0 bridgehead atoms. The van der Waals surface area contributed by atoms with Gasteiger partial charge in [-0.05, 0) is 36.8 Å². The Hall–Kier alpha value is -3.22. The highest BCUT2D eigenvalue weighted by Crippen LogP contribution is 2.36. The fourth-order valence-corrected chi connectivity index (χ4v) is 3.13. The Morgan fingerprint density at radius 3 is 2.67 bits per heavy atom. The second-order valence-corrected chi connectivity index (χ2v) is 6.51. The van der Waals surface area contributed by atoms with Crippen LogP contribution in [0.5, 0.6) is 11.5 Å². The summed E-state index contributed by atoms with van der Waals surface area (Å²) in [6.07, 6.45) is 0.141. The first-order chi connectivity index (χ1) is 12.9. The smallest absolute Gasteiger partial charge is 0.229 e. The molecule has 0 aromatic heterocycles. The number of hydrogen-bond acceptors (Lipinski definition) is 5. The molecular weight excluding hydrogens is 346 g/mol. The number of nitrogens with two attached hydrogens (primary N) is 1. The molecule has 1 fully saturated rings. The van der Waals surface area contributed by atoms with E-state index in [9.17, 15) is 9.59 Å². The Balaban J connectivity index is 1.77. The second kappa shape index (κ2) is 7.57. The van der Waals surface area contributed by atoms with E-state index in [-0.39, 0.29) is 24.8 Å². The van der Waals surface area contributed by atoms with Crippen LogP contribution in [-0.4, -0.2) is 32.6 Å². The lowest BCUT2D eigenvalue weighted by molar-refractivity contribution is -0.122. The second-order valence-electron chi connectivity index (χ2n) is 6.51. The van der Waals surface area contributed by atoms with Crippen LogP contribution in [0.4, 0.5) is 17.1 Å². The molecule has 2 amide bonds. The number of carbonyl (C=O) groups excluding carboxylic acids is 2. The van der Waals surface area contributed by atoms with E-state index in [1.165, 1.54) is 7.11 Å². The number of hydrogen-bond donors (Lipinski definition) is 2. The number of amides is 2. The first-order valence-electron chi connectivity index (χ1n) is 8.62. The Kier molecular flexibility index (Phi) is 5.21. The van der Waals surface area contributed by atoms with Crippen LogP contribution in [0.2, 0.25) is 0 Å². The van der Waals surface area contributed by atoms with E-state index >= 15 is 0 Å². The summed E-state index contributed by atoms with van der Waals surface area (Å²) in [5.41, 5.74) is 8.56. The van der Waals surface area contributed by atoms with Gasteiger partial charge in [0.25, 0.3) is 0 Å². The van der Waals surface area contributed by atoms with Crippen LogP contribution in [0.3, 0.4) is 0 Å². The van der Waals surface area contributed by atoms with Gasteiger partial charge in [0.05, 0.1) is 25.8 Å². The number of rotatable bonds is 5. The summed E-state index contributed by atoms with van der Waals surface area (Å²) in [5.74, 6) is 0.379. The molecule has 0 radical (unpaired) electrons. The number of nitrogen functional groups attached to an aromatic ring is 1. The van der Waals surface area contributed by atoms with Gasteiger partial charge in [-0.15, -0.1) is 0 Å². The van der Waals surface area contributed by atoms with E-state index in [4.69, 9.17) is 15.2 Å². The van der Waals surface area contributed by atoms with Gasteiger partial charge in [0.1, 0.15) is 11.5 Å². The van der Waals surface area contributed by atoms with E-state index in [1.807, 2.05) is 13.0 Å². The van der Waals surface area contributed by atoms with E-state index in [2.05, 4.69) is 5.32 Å². The van der Waals surface area contributed by atoms with Crippen molar-refractivity contribution in [3.63, 3.8) is 0 Å². The number of aryl methyl sites for hydroxylation is 1. The molecule has 0 aliphatic carbocycles. The van der Waals surface area contributed by atoms with Gasteiger partial charge in [-0.3, -0.25) is 9.59 Å². The maximum Gasteiger partial charge on any atom is 0.229 e. The highest BCUT2D eigenvalue weighted by molar-refractivity contribution is 6.04. The molecular formula is C20H23N3O4. The third kappa shape index (κ3) is 3.81. The van der Waals surface area contributed by atoms with Crippen LogP contribution in [0.1, 0.15) is 12.0 Å². The lowest BCUT2D eigenvalue weighted by Crippen LogP contribution is -2.28. The summed E-state index contributed by atoms with van der Waals surface area (Å²) in [6, 6.07) is 10.6. The van der Waals surface area contributed by atoms with Crippen LogP contribution in [-0.2, 0) is 9.59 Å². The Labute approximate surface area is 158 Å². The monoisotopic (exact) mass is 369 g/mol. The minimum atomic E-state index is -0.454. The number of carbonyl (C=O) groups is 2. The zero-order chi connectivity index (χ0) is 19.6. The Bertz CT molecular complexity index is 882. The van der Waals surface area contributed by atoms with Crippen molar-refractivity contribution >= 4 is 28.9 Å². The maximum absolute atomic E-state index is 12.7. The average Bonchev–Trinajstić information content (AvgIpc) is 3.05. The number of nitrogens with one attached hydrogen (secondary N) is 1. The lowest BCUT2D eigenvalue weighted by atomic mass is 10.1. The van der Waals surface area contributed by atoms with Gasteiger partial charge in [0.2, 0.25) is 11.8 Å². The van der Waals surface area contributed by atoms with Crippen molar-refractivity contribution in [2.24, 2.45) is 5.92 Å². The molecule has 1 heterocycles. The quantitative estimate of drug-likeness (QED) is 0.790. The molecule has 1 atom stereocenters. The molecule has 1 unspecified atom stereocenters. The summed E-state index contributed by atoms with van der Waals surface area (Å²) in [6.45, 7) is 2.18. The van der Waals surface area contributed by atoms with Crippen LogP contribution >= 0.6 is 0 Å². The minimum absolute atomic E-state index is 0.122. The van der Waals surface area contributed by atoms with Crippen molar-refractivity contribution in [3.05, 3.63) is 42.0 Å². The third-order valence-corrected chi connectivity index (χ3v) is 4.69. The van der Waals surface area contributed by atoms with Gasteiger partial charge >= 0.3 is 0 Å². The number of nitrogens with zero attached hydrogens (tertiary/aromatic N) is 1. The van der Waals surface area contributed by atoms with Crippen molar-refractivity contribution < 1.29 is 19.1 Å². The molecule has 7 nitrogen and oxygen atoms in total. The normalized spacial score (nSPS) is 16.3. The number of methoxy groups -OCH3 is 2. The highest BCUT2D eigenvalue weighted by atomic mass is 16.5. The fourth-order valence-electron chi connectivity index (χ4n) is 3.13. The molecule has 27 heavy (non-hydrogen) atoms. The average molecular weight is 369 g/mol. The SMILES string of the molecule is COc1ccc(N2CC(C(=O)Nc3cc(N)ccc3C)CC2=O)c(OC)c1. The highest BCUT2D eigenvalue weighted by Gasteiger charge is 2.36. The zero-order valence-electron chi connectivity index (χ0n) is 15.6. The van der Waals surface area contributed by atoms with Gasteiger partial charge in [0, 0.05) is 30.4 Å². The summed E-state index contributed by atoms with van der Waals surface area (Å²) in [7, 11) is 3.10. The number of benzene rings is 2. The molecule has 3 N–H and O–H groups in total. The maximum atomic E-state index is 12.7. The molecule has 0 saturated carbocycles. The molecule has 0 spiro atoms. The standard InChI is InChI=1S/C20H23N3O4/c1-12-4-5-14(21)9-16(12)22-20(25)13-8-19(24)23(11-13)17-7-6-15(26-2)10-18(17)27-3/h4-7,9-10,13H,8,11,21H2,1-3H3,(H,22,25). The topological polar surface area (TPSA) is 93.9 Å². The van der Waals surface area contributed by atoms with Crippen LogP contribution in [0.25, 0.3) is 0 Å². The van der Waals surface area contributed by atoms with Gasteiger partial charge < -0.3 is 25.4 Å². The molecule has 2 aromatic carbocycles. The van der Waals surface area contributed by atoms with E-state index in [1.54, 1.807) is 42.3 Å².